The highest BCUT2D eigenvalue weighted by atomic mass is 16.5. The van der Waals surface area contributed by atoms with Crippen LogP contribution in [0.2, 0.25) is 0 Å². The molecule has 0 spiro atoms. The number of pyridine rings is 1. The number of hydrogen-bond acceptors (Lipinski definition) is 9. The Morgan fingerprint density at radius 2 is 2.17 bits per heavy atom. The lowest BCUT2D eigenvalue weighted by atomic mass is 10.2. The third kappa shape index (κ3) is 4.64. The predicted molar refractivity (Wildman–Crippen MR) is 105 cm³/mol. The van der Waals surface area contributed by atoms with Gasteiger partial charge in [0.05, 0.1) is 19.2 Å². The Morgan fingerprint density at radius 1 is 1.28 bits per heavy atom. The second kappa shape index (κ2) is 9.17. The van der Waals surface area contributed by atoms with Crippen molar-refractivity contribution >= 4 is 5.82 Å². The second-order valence-electron chi connectivity index (χ2n) is 6.96. The van der Waals surface area contributed by atoms with Gasteiger partial charge < -0.3 is 24.1 Å². The molecule has 9 nitrogen and oxygen atoms in total. The maximum Gasteiger partial charge on any atom is 0.244 e. The minimum Gasteiger partial charge on any atom is -0.462 e. The Hall–Kier alpha value is -2.75. The molecule has 2 N–H and O–H groups in total. The fourth-order valence-corrected chi connectivity index (χ4v) is 3.49. The number of ether oxygens (including phenoxy) is 1. The molecule has 154 valence electrons. The van der Waals surface area contributed by atoms with Gasteiger partial charge in [-0.2, -0.15) is 4.98 Å². The van der Waals surface area contributed by atoms with Gasteiger partial charge in [-0.3, -0.25) is 4.90 Å². The molecule has 1 aliphatic rings. The normalized spacial score (nSPS) is 17.1. The molecule has 3 aromatic heterocycles. The Kier molecular flexibility index (Phi) is 6.18. The van der Waals surface area contributed by atoms with Crippen LogP contribution in [0, 0.1) is 0 Å². The van der Waals surface area contributed by atoms with Crippen molar-refractivity contribution in [2.24, 2.45) is 0 Å². The zero-order valence-corrected chi connectivity index (χ0v) is 16.4. The standard InChI is InChI=1S/C20H25N5O4/c1-27-10-8-21-18-7-4-14(11-22-18)19-23-20(29-24-19)17-3-2-9-25(17)12-15-5-6-16(13-26)28-15/h4-7,11,17,26H,2-3,8-10,12-13H2,1H3,(H,21,22)/t17-/m0/s1. The Balaban J connectivity index is 1.42. The summed E-state index contributed by atoms with van der Waals surface area (Å²) in [6.07, 6.45) is 3.74. The van der Waals surface area contributed by atoms with Crippen LogP contribution in [0.1, 0.15) is 36.3 Å². The van der Waals surface area contributed by atoms with E-state index in [0.29, 0.717) is 37.2 Å². The lowest BCUT2D eigenvalue weighted by molar-refractivity contribution is 0.182. The fourth-order valence-electron chi connectivity index (χ4n) is 3.49. The highest BCUT2D eigenvalue weighted by Crippen LogP contribution is 2.33. The van der Waals surface area contributed by atoms with E-state index in [1.807, 2.05) is 18.2 Å². The van der Waals surface area contributed by atoms with Crippen LogP contribution in [0.4, 0.5) is 5.82 Å². The average Bonchev–Trinajstić information content (AvgIpc) is 3.50. The zero-order chi connectivity index (χ0) is 20.1. The van der Waals surface area contributed by atoms with Crippen LogP contribution in [0.5, 0.6) is 0 Å². The third-order valence-corrected chi connectivity index (χ3v) is 4.96. The van der Waals surface area contributed by atoms with Crippen LogP contribution in [0.25, 0.3) is 11.4 Å². The molecule has 1 saturated heterocycles. The number of aromatic nitrogens is 3. The van der Waals surface area contributed by atoms with Crippen molar-refractivity contribution in [3.63, 3.8) is 0 Å². The van der Waals surface area contributed by atoms with E-state index in [1.54, 1.807) is 19.4 Å². The second-order valence-corrected chi connectivity index (χ2v) is 6.96. The highest BCUT2D eigenvalue weighted by Gasteiger charge is 2.31. The van der Waals surface area contributed by atoms with Crippen LogP contribution >= 0.6 is 0 Å². The molecule has 29 heavy (non-hydrogen) atoms. The first-order valence-electron chi connectivity index (χ1n) is 9.72. The number of nitrogens with zero attached hydrogens (tertiary/aromatic N) is 4. The molecule has 1 fully saturated rings. The number of hydrogen-bond donors (Lipinski definition) is 2. The van der Waals surface area contributed by atoms with Crippen molar-refractivity contribution in [1.82, 2.24) is 20.0 Å². The van der Waals surface area contributed by atoms with E-state index < -0.39 is 0 Å². The van der Waals surface area contributed by atoms with E-state index in [9.17, 15) is 0 Å². The molecule has 0 aliphatic carbocycles. The summed E-state index contributed by atoms with van der Waals surface area (Å²) < 4.78 is 16.2. The third-order valence-electron chi connectivity index (χ3n) is 4.96. The molecular weight excluding hydrogens is 374 g/mol. The van der Waals surface area contributed by atoms with Gasteiger partial charge in [-0.1, -0.05) is 5.16 Å². The summed E-state index contributed by atoms with van der Waals surface area (Å²) in [6, 6.07) is 7.56. The van der Waals surface area contributed by atoms with Crippen molar-refractivity contribution in [1.29, 1.82) is 0 Å². The number of likely N-dealkylation sites (tertiary alicyclic amines) is 1. The van der Waals surface area contributed by atoms with Crippen LogP contribution in [0.3, 0.4) is 0 Å². The predicted octanol–water partition coefficient (Wildman–Crippen LogP) is 2.61. The molecule has 1 atom stereocenters. The maximum absolute atomic E-state index is 9.17. The minimum atomic E-state index is -0.0921. The van der Waals surface area contributed by atoms with Crippen molar-refractivity contribution in [3.05, 3.63) is 47.9 Å². The number of anilines is 1. The maximum atomic E-state index is 9.17. The van der Waals surface area contributed by atoms with Crippen LogP contribution in [-0.2, 0) is 17.9 Å². The number of furan rings is 1. The highest BCUT2D eigenvalue weighted by molar-refractivity contribution is 5.55. The SMILES string of the molecule is COCCNc1ccc(-c2noc([C@@H]3CCCN3Cc3ccc(CO)o3)n2)cn1. The molecule has 9 heteroatoms. The topological polar surface area (TPSA) is 110 Å². The minimum absolute atomic E-state index is 0.0573. The molecular formula is C20H25N5O4. The monoisotopic (exact) mass is 399 g/mol. The summed E-state index contributed by atoms with van der Waals surface area (Å²) >= 11 is 0. The van der Waals surface area contributed by atoms with E-state index >= 15 is 0 Å². The quantitative estimate of drug-likeness (QED) is 0.525. The summed E-state index contributed by atoms with van der Waals surface area (Å²) in [4.78, 5) is 11.3. The summed E-state index contributed by atoms with van der Waals surface area (Å²) in [5.41, 5.74) is 0.806. The van der Waals surface area contributed by atoms with Gasteiger partial charge in [0, 0.05) is 25.4 Å². The molecule has 0 saturated carbocycles. The number of methoxy groups -OCH3 is 1. The molecule has 4 rings (SSSR count). The van der Waals surface area contributed by atoms with Gasteiger partial charge >= 0.3 is 0 Å². The smallest absolute Gasteiger partial charge is 0.244 e. The number of rotatable bonds is 9. The molecule has 0 amide bonds. The van der Waals surface area contributed by atoms with E-state index in [4.69, 9.17) is 18.8 Å². The molecule has 4 heterocycles. The van der Waals surface area contributed by atoms with Gasteiger partial charge in [0.1, 0.15) is 23.9 Å². The van der Waals surface area contributed by atoms with Crippen molar-refractivity contribution < 1.29 is 18.8 Å². The van der Waals surface area contributed by atoms with E-state index in [1.165, 1.54) is 0 Å². The van der Waals surface area contributed by atoms with Gasteiger partial charge in [-0.15, -0.1) is 0 Å². The molecule has 3 aromatic rings. The Labute approximate surface area is 168 Å². The first kappa shape index (κ1) is 19.6. The molecule has 0 bridgehead atoms. The van der Waals surface area contributed by atoms with Gasteiger partial charge in [0.15, 0.2) is 0 Å². The van der Waals surface area contributed by atoms with Gasteiger partial charge in [-0.05, 0) is 43.7 Å². The van der Waals surface area contributed by atoms with E-state index in [2.05, 4.69) is 25.3 Å². The first-order chi connectivity index (χ1) is 14.3. The van der Waals surface area contributed by atoms with Crippen LogP contribution < -0.4 is 5.32 Å². The number of aliphatic hydroxyl groups excluding tert-OH is 1. The van der Waals surface area contributed by atoms with Crippen molar-refractivity contribution in [2.75, 3.05) is 32.1 Å². The molecule has 1 aliphatic heterocycles. The average molecular weight is 399 g/mol. The lowest BCUT2D eigenvalue weighted by Crippen LogP contribution is -2.22. The first-order valence-corrected chi connectivity index (χ1v) is 9.72. The summed E-state index contributed by atoms with van der Waals surface area (Å²) in [7, 11) is 1.67. The molecule has 0 unspecified atom stereocenters. The zero-order valence-electron chi connectivity index (χ0n) is 16.4. The van der Waals surface area contributed by atoms with Crippen molar-refractivity contribution in [2.45, 2.75) is 32.0 Å². The summed E-state index contributed by atoms with van der Waals surface area (Å²) in [6.45, 7) is 2.80. The number of aliphatic hydroxyl groups is 1. The Morgan fingerprint density at radius 3 is 2.93 bits per heavy atom. The van der Waals surface area contributed by atoms with E-state index in [-0.39, 0.29) is 12.6 Å². The largest absolute Gasteiger partial charge is 0.462 e. The fraction of sp³-hybridized carbons (Fsp3) is 0.450. The van der Waals surface area contributed by atoms with Gasteiger partial charge in [0.25, 0.3) is 0 Å². The van der Waals surface area contributed by atoms with Crippen molar-refractivity contribution in [3.8, 4) is 11.4 Å². The molecule has 0 aromatic carbocycles. The lowest BCUT2D eigenvalue weighted by Gasteiger charge is -2.19. The Bertz CT molecular complexity index is 908. The molecule has 0 radical (unpaired) electrons. The van der Waals surface area contributed by atoms with Gasteiger partial charge in [-0.25, -0.2) is 4.98 Å². The van der Waals surface area contributed by atoms with Crippen LogP contribution in [-0.4, -0.2) is 51.9 Å². The number of nitrogens with one attached hydrogen (secondary N) is 1. The summed E-state index contributed by atoms with van der Waals surface area (Å²) in [5, 5.41) is 16.5. The van der Waals surface area contributed by atoms with Crippen LogP contribution in [0.15, 0.2) is 39.4 Å². The van der Waals surface area contributed by atoms with E-state index in [0.717, 1.165) is 36.5 Å². The summed E-state index contributed by atoms with van der Waals surface area (Å²) in [5.74, 6) is 3.30. The van der Waals surface area contributed by atoms with Gasteiger partial charge in [0.2, 0.25) is 11.7 Å².